The summed E-state index contributed by atoms with van der Waals surface area (Å²) >= 11 is 0. The Labute approximate surface area is 290 Å². The van der Waals surface area contributed by atoms with Crippen molar-refractivity contribution in [2.24, 2.45) is 11.3 Å². The van der Waals surface area contributed by atoms with Crippen LogP contribution in [-0.4, -0.2) is 59.9 Å². The number of rotatable bonds is 6. The van der Waals surface area contributed by atoms with Crippen molar-refractivity contribution >= 4 is 27.7 Å². The zero-order chi connectivity index (χ0) is 34.9. The third kappa shape index (κ3) is 7.88. The lowest BCUT2D eigenvalue weighted by Crippen LogP contribution is -2.44. The van der Waals surface area contributed by atoms with E-state index in [1.54, 1.807) is 23.1 Å². The van der Waals surface area contributed by atoms with Gasteiger partial charge in [0, 0.05) is 43.0 Å². The van der Waals surface area contributed by atoms with Crippen LogP contribution >= 0.6 is 0 Å². The maximum atomic E-state index is 14.4. The van der Waals surface area contributed by atoms with Crippen molar-refractivity contribution in [1.82, 2.24) is 19.9 Å². The number of hydrogen-bond donors (Lipinski definition) is 1. The normalized spacial score (nSPS) is 18.9. The summed E-state index contributed by atoms with van der Waals surface area (Å²) in [4.78, 5) is 32.3. The topological polar surface area (TPSA) is 118 Å². The first-order valence-electron chi connectivity index (χ1n) is 17.0. The number of nitrogens with zero attached hydrogens (tertiary/aromatic N) is 5. The van der Waals surface area contributed by atoms with Gasteiger partial charge in [-0.05, 0) is 85.4 Å². The number of carbonyl (C=O) groups is 1. The number of nitrogens with one attached hydrogen (secondary N) is 1. The molecule has 49 heavy (non-hydrogen) atoms. The van der Waals surface area contributed by atoms with Crippen molar-refractivity contribution in [2.75, 3.05) is 29.3 Å². The van der Waals surface area contributed by atoms with Gasteiger partial charge < -0.3 is 14.5 Å². The summed E-state index contributed by atoms with van der Waals surface area (Å²) in [5.74, 6) is 0.993. The zero-order valence-electron chi connectivity index (χ0n) is 29.2. The summed E-state index contributed by atoms with van der Waals surface area (Å²) in [7, 11) is -4.15. The van der Waals surface area contributed by atoms with Crippen molar-refractivity contribution in [3.63, 3.8) is 0 Å². The minimum Gasteiger partial charge on any atom is -0.475 e. The average Bonchev–Trinajstić information content (AvgIpc) is 3.05. The number of fused-ring (bicyclic) bond motifs is 4. The minimum absolute atomic E-state index is 0.0581. The molecule has 258 valence electrons. The third-order valence-electron chi connectivity index (χ3n) is 9.53. The molecule has 0 aliphatic carbocycles. The summed E-state index contributed by atoms with van der Waals surface area (Å²) in [6, 6.07) is 17.5. The molecule has 1 N–H and O–H groups in total. The number of pyridine rings is 1. The third-order valence-corrected chi connectivity index (χ3v) is 10.9. The summed E-state index contributed by atoms with van der Waals surface area (Å²) in [5, 5.41) is 0. The number of sulfonamides is 1. The molecule has 1 atom stereocenters. The maximum absolute atomic E-state index is 14.4. The van der Waals surface area contributed by atoms with E-state index in [9.17, 15) is 13.2 Å². The Morgan fingerprint density at radius 1 is 0.980 bits per heavy atom. The van der Waals surface area contributed by atoms with E-state index in [4.69, 9.17) is 9.72 Å². The van der Waals surface area contributed by atoms with Crippen LogP contribution in [0.1, 0.15) is 74.0 Å². The lowest BCUT2D eigenvalue weighted by atomic mass is 9.83. The number of anilines is 2. The van der Waals surface area contributed by atoms with E-state index in [0.29, 0.717) is 17.5 Å². The van der Waals surface area contributed by atoms with Crippen molar-refractivity contribution in [2.45, 2.75) is 78.3 Å². The van der Waals surface area contributed by atoms with Crippen LogP contribution in [0, 0.1) is 25.2 Å². The molecule has 11 heteroatoms. The molecule has 10 nitrogen and oxygen atoms in total. The highest BCUT2D eigenvalue weighted by Gasteiger charge is 2.30. The predicted octanol–water partition coefficient (Wildman–Crippen LogP) is 7.03. The molecular weight excluding hydrogens is 637 g/mol. The lowest BCUT2D eigenvalue weighted by Gasteiger charge is -2.37. The molecule has 0 radical (unpaired) electrons. The van der Waals surface area contributed by atoms with Crippen LogP contribution in [0.15, 0.2) is 71.8 Å². The molecule has 0 unspecified atom stereocenters. The summed E-state index contributed by atoms with van der Waals surface area (Å²) in [6.45, 7) is 15.2. The Hall–Kier alpha value is -4.51. The van der Waals surface area contributed by atoms with E-state index in [2.05, 4.69) is 47.3 Å². The number of aryl methyl sites for hydroxylation is 2. The van der Waals surface area contributed by atoms with Gasteiger partial charge in [-0.15, -0.1) is 0 Å². The van der Waals surface area contributed by atoms with Gasteiger partial charge in [0.05, 0.1) is 16.6 Å². The van der Waals surface area contributed by atoms with Gasteiger partial charge in [0.25, 0.3) is 15.9 Å². The highest BCUT2D eigenvalue weighted by molar-refractivity contribution is 7.92. The van der Waals surface area contributed by atoms with Crippen molar-refractivity contribution in [1.29, 1.82) is 0 Å². The van der Waals surface area contributed by atoms with Gasteiger partial charge in [-0.3, -0.25) is 4.79 Å². The summed E-state index contributed by atoms with van der Waals surface area (Å²) < 4.78 is 36.3. The van der Waals surface area contributed by atoms with Crippen LogP contribution in [0.4, 0.5) is 11.8 Å². The number of hydrogen-bond acceptors (Lipinski definition) is 8. The number of carbonyl (C=O) groups excluding carboxylic acids is 1. The Morgan fingerprint density at radius 3 is 2.37 bits per heavy atom. The highest BCUT2D eigenvalue weighted by atomic mass is 32.2. The predicted molar refractivity (Wildman–Crippen MR) is 192 cm³/mol. The number of ether oxygens (including phenoxy) is 1. The summed E-state index contributed by atoms with van der Waals surface area (Å²) in [6.07, 6.45) is 4.72. The molecule has 2 aliphatic rings. The van der Waals surface area contributed by atoms with Crippen LogP contribution in [0.3, 0.4) is 0 Å². The molecule has 1 fully saturated rings. The Kier molecular flexibility index (Phi) is 9.66. The second-order valence-electron chi connectivity index (χ2n) is 14.5. The molecule has 1 amide bonds. The number of aromatic nitrogens is 3. The molecule has 2 aromatic heterocycles. The molecule has 0 saturated carbocycles. The highest BCUT2D eigenvalue weighted by Crippen LogP contribution is 2.33. The lowest BCUT2D eigenvalue weighted by molar-refractivity contribution is 0.0553. The fourth-order valence-electron chi connectivity index (χ4n) is 6.65. The monoisotopic (exact) mass is 682 g/mol. The first-order valence-corrected chi connectivity index (χ1v) is 18.5. The Balaban J connectivity index is 1.39. The van der Waals surface area contributed by atoms with E-state index >= 15 is 0 Å². The van der Waals surface area contributed by atoms with Crippen molar-refractivity contribution in [3.05, 3.63) is 89.1 Å². The van der Waals surface area contributed by atoms with Crippen LogP contribution in [-0.2, 0) is 16.6 Å². The fraction of sp³-hybridized carbons (Fsp3) is 0.421. The van der Waals surface area contributed by atoms with E-state index < -0.39 is 10.0 Å². The Morgan fingerprint density at radius 2 is 1.69 bits per heavy atom. The van der Waals surface area contributed by atoms with Gasteiger partial charge in [-0.1, -0.05) is 58.0 Å². The number of piperidine rings is 1. The van der Waals surface area contributed by atoms with Crippen molar-refractivity contribution in [3.8, 4) is 17.1 Å². The molecule has 4 bridgehead atoms. The Bertz CT molecular complexity index is 1910. The van der Waals surface area contributed by atoms with Gasteiger partial charge in [0.2, 0.25) is 11.8 Å². The molecule has 6 rings (SSSR count). The van der Waals surface area contributed by atoms with Crippen LogP contribution in [0.2, 0.25) is 0 Å². The molecule has 0 spiro atoms. The fourth-order valence-corrected chi connectivity index (χ4v) is 7.63. The molecule has 2 aliphatic heterocycles. The quantitative estimate of drug-likeness (QED) is 0.230. The zero-order valence-corrected chi connectivity index (χ0v) is 30.0. The molecule has 4 aromatic rings. The van der Waals surface area contributed by atoms with Crippen LogP contribution in [0.5, 0.6) is 5.88 Å². The molecule has 1 saturated heterocycles. The van der Waals surface area contributed by atoms with E-state index in [0.717, 1.165) is 54.0 Å². The summed E-state index contributed by atoms with van der Waals surface area (Å²) in [5.41, 5.74) is 4.87. The van der Waals surface area contributed by atoms with E-state index in [-0.39, 0.29) is 53.3 Å². The van der Waals surface area contributed by atoms with E-state index in [1.165, 1.54) is 12.1 Å². The minimum atomic E-state index is -4.15. The second-order valence-corrected chi connectivity index (χ2v) is 16.2. The standard InChI is InChI=1S/C38H46N6O4S/c1-25(2)19-30-24-48-34-21-32(35-26(3)9-7-10-27(35)4)40-37(41-34)42-49(46,47)31-12-8-11-29(20-31)36(45)44(30)23-28-13-14-33(39-22-28)43-17-15-38(5,6)16-18-43/h7-14,20-22,25,30H,15-19,23-24H2,1-6H3,(H,40,41,42)/t30-/m1/s1. The van der Waals surface area contributed by atoms with Gasteiger partial charge in [-0.2, -0.15) is 4.98 Å². The first-order chi connectivity index (χ1) is 23.3. The van der Waals surface area contributed by atoms with Crippen LogP contribution in [0.25, 0.3) is 11.3 Å². The number of benzene rings is 2. The first kappa shape index (κ1) is 34.4. The van der Waals surface area contributed by atoms with E-state index in [1.807, 2.05) is 50.4 Å². The molecule has 4 heterocycles. The van der Waals surface area contributed by atoms with Crippen molar-refractivity contribution < 1.29 is 17.9 Å². The SMILES string of the molecule is Cc1cccc(C)c1-c1cc2nc(n1)NS(=O)(=O)c1cccc(c1)C(=O)N(Cc1ccc(N3CCC(C)(C)CC3)nc1)[C@H](CC(C)C)CO2. The van der Waals surface area contributed by atoms with Crippen LogP contribution < -0.4 is 14.4 Å². The van der Waals surface area contributed by atoms with Gasteiger partial charge in [0.15, 0.2) is 0 Å². The van der Waals surface area contributed by atoms with Gasteiger partial charge in [-0.25, -0.2) is 23.1 Å². The molecule has 2 aromatic carbocycles. The van der Waals surface area contributed by atoms with Gasteiger partial charge >= 0.3 is 0 Å². The smallest absolute Gasteiger partial charge is 0.264 e. The molecular formula is C38H46N6O4S. The van der Waals surface area contributed by atoms with Gasteiger partial charge in [0.1, 0.15) is 12.4 Å². The number of amides is 1. The average molecular weight is 683 g/mol. The second kappa shape index (κ2) is 13.8. The largest absolute Gasteiger partial charge is 0.475 e. The maximum Gasteiger partial charge on any atom is 0.264 e.